The standard InChI is InChI=1S/C16H15ClN2O2/c1-10-6-11-4-2-3-5-14(11)19(9-10)15-13(17)7-12(8-18-15)16(20)21/h2-5,7-8,10H,6,9H2,1H3,(H,20,21). The van der Waals surface area contributed by atoms with Gasteiger partial charge in [-0.2, -0.15) is 0 Å². The van der Waals surface area contributed by atoms with E-state index in [0.29, 0.717) is 16.8 Å². The van der Waals surface area contributed by atoms with Gasteiger partial charge >= 0.3 is 5.97 Å². The van der Waals surface area contributed by atoms with Crippen LogP contribution in [0.5, 0.6) is 0 Å². The van der Waals surface area contributed by atoms with E-state index in [1.807, 2.05) is 18.2 Å². The number of rotatable bonds is 2. The predicted octanol–water partition coefficient (Wildman–Crippen LogP) is 3.76. The molecule has 1 aliphatic heterocycles. The minimum absolute atomic E-state index is 0.0992. The zero-order chi connectivity index (χ0) is 15.0. The zero-order valence-corrected chi connectivity index (χ0v) is 12.3. The average molecular weight is 303 g/mol. The number of halogens is 1. The summed E-state index contributed by atoms with van der Waals surface area (Å²) in [6, 6.07) is 9.62. The summed E-state index contributed by atoms with van der Waals surface area (Å²) in [5, 5.41) is 9.36. The Balaban J connectivity index is 2.06. The number of aromatic nitrogens is 1. The molecule has 0 fully saturated rings. The number of hydrogen-bond donors (Lipinski definition) is 1. The van der Waals surface area contributed by atoms with Gasteiger partial charge in [-0.25, -0.2) is 9.78 Å². The maximum Gasteiger partial charge on any atom is 0.337 e. The smallest absolute Gasteiger partial charge is 0.337 e. The number of hydrogen-bond acceptors (Lipinski definition) is 3. The van der Waals surface area contributed by atoms with Gasteiger partial charge in [-0.1, -0.05) is 36.7 Å². The van der Waals surface area contributed by atoms with E-state index in [-0.39, 0.29) is 5.56 Å². The lowest BCUT2D eigenvalue weighted by Crippen LogP contribution is -2.31. The van der Waals surface area contributed by atoms with E-state index in [0.717, 1.165) is 18.7 Å². The number of nitrogens with zero attached hydrogens (tertiary/aromatic N) is 2. The Hall–Kier alpha value is -2.07. The maximum atomic E-state index is 11.0. The van der Waals surface area contributed by atoms with Crippen LogP contribution in [-0.4, -0.2) is 22.6 Å². The molecule has 4 nitrogen and oxygen atoms in total. The molecule has 108 valence electrons. The minimum atomic E-state index is -1.02. The molecule has 5 heteroatoms. The number of carbonyl (C=O) groups is 1. The lowest BCUT2D eigenvalue weighted by atomic mass is 9.94. The molecule has 0 aliphatic carbocycles. The van der Waals surface area contributed by atoms with Crippen molar-refractivity contribution in [3.05, 3.63) is 52.7 Å². The van der Waals surface area contributed by atoms with Gasteiger partial charge in [0.15, 0.2) is 5.82 Å². The SMILES string of the molecule is CC1Cc2ccccc2N(c2ncc(C(=O)O)cc2Cl)C1. The van der Waals surface area contributed by atoms with Crippen LogP contribution in [0.25, 0.3) is 0 Å². The van der Waals surface area contributed by atoms with E-state index in [2.05, 4.69) is 22.9 Å². The number of pyridine rings is 1. The van der Waals surface area contributed by atoms with Gasteiger partial charge in [-0.3, -0.25) is 0 Å². The van der Waals surface area contributed by atoms with Crippen molar-refractivity contribution >= 4 is 29.1 Å². The third-order valence-electron chi connectivity index (χ3n) is 3.67. The van der Waals surface area contributed by atoms with Crippen molar-refractivity contribution in [2.45, 2.75) is 13.3 Å². The molecule has 1 atom stereocenters. The summed E-state index contributed by atoms with van der Waals surface area (Å²) < 4.78 is 0. The molecule has 1 aliphatic rings. The maximum absolute atomic E-state index is 11.0. The van der Waals surface area contributed by atoms with Crippen LogP contribution in [0.15, 0.2) is 36.5 Å². The van der Waals surface area contributed by atoms with Crippen molar-refractivity contribution < 1.29 is 9.90 Å². The van der Waals surface area contributed by atoms with Gasteiger partial charge in [0.05, 0.1) is 10.6 Å². The summed E-state index contributed by atoms with van der Waals surface area (Å²) in [4.78, 5) is 17.3. The first-order chi connectivity index (χ1) is 10.1. The second-order valence-corrected chi connectivity index (χ2v) is 5.79. The summed E-state index contributed by atoms with van der Waals surface area (Å²) >= 11 is 6.25. The van der Waals surface area contributed by atoms with Gasteiger partial charge in [0, 0.05) is 18.4 Å². The number of aromatic carboxylic acids is 1. The number of benzene rings is 1. The Bertz CT molecular complexity index is 702. The number of carboxylic acid groups (broad SMARTS) is 1. The van der Waals surface area contributed by atoms with E-state index in [4.69, 9.17) is 16.7 Å². The van der Waals surface area contributed by atoms with Crippen molar-refractivity contribution in [3.8, 4) is 0 Å². The highest BCUT2D eigenvalue weighted by Gasteiger charge is 2.25. The topological polar surface area (TPSA) is 53.4 Å². The van der Waals surface area contributed by atoms with Gasteiger partial charge < -0.3 is 10.0 Å². The first-order valence-corrected chi connectivity index (χ1v) is 7.18. The van der Waals surface area contributed by atoms with Gasteiger partial charge in [-0.15, -0.1) is 0 Å². The number of carboxylic acids is 1. The Morgan fingerprint density at radius 3 is 2.90 bits per heavy atom. The summed E-state index contributed by atoms with van der Waals surface area (Å²) in [5.74, 6) is 0.0703. The average Bonchev–Trinajstić information content (AvgIpc) is 2.46. The lowest BCUT2D eigenvalue weighted by Gasteiger charge is -2.34. The summed E-state index contributed by atoms with van der Waals surface area (Å²) in [6.07, 6.45) is 2.38. The van der Waals surface area contributed by atoms with E-state index >= 15 is 0 Å². The van der Waals surface area contributed by atoms with Crippen LogP contribution in [0, 0.1) is 5.92 Å². The molecule has 1 aromatic heterocycles. The van der Waals surface area contributed by atoms with Crippen LogP contribution in [0.4, 0.5) is 11.5 Å². The molecule has 21 heavy (non-hydrogen) atoms. The Morgan fingerprint density at radius 2 is 2.19 bits per heavy atom. The van der Waals surface area contributed by atoms with E-state index in [1.54, 1.807) is 0 Å². The fraction of sp³-hybridized carbons (Fsp3) is 0.250. The number of anilines is 2. The van der Waals surface area contributed by atoms with Crippen LogP contribution in [0.1, 0.15) is 22.8 Å². The molecule has 1 aromatic carbocycles. The van der Waals surface area contributed by atoms with E-state index in [1.165, 1.54) is 17.8 Å². The highest BCUT2D eigenvalue weighted by molar-refractivity contribution is 6.33. The second-order valence-electron chi connectivity index (χ2n) is 5.38. The molecule has 2 aromatic rings. The van der Waals surface area contributed by atoms with Crippen LogP contribution in [-0.2, 0) is 6.42 Å². The van der Waals surface area contributed by atoms with Crippen molar-refractivity contribution in [3.63, 3.8) is 0 Å². The molecule has 1 N–H and O–H groups in total. The first-order valence-electron chi connectivity index (χ1n) is 6.80. The molecule has 2 heterocycles. The van der Waals surface area contributed by atoms with Gasteiger partial charge in [0.2, 0.25) is 0 Å². The van der Waals surface area contributed by atoms with Crippen LogP contribution >= 0.6 is 11.6 Å². The largest absolute Gasteiger partial charge is 0.478 e. The molecule has 0 saturated carbocycles. The van der Waals surface area contributed by atoms with Crippen molar-refractivity contribution in [2.75, 3.05) is 11.4 Å². The Kier molecular flexibility index (Phi) is 3.55. The second kappa shape index (κ2) is 5.37. The number of para-hydroxylation sites is 1. The molecular formula is C16H15ClN2O2. The third-order valence-corrected chi connectivity index (χ3v) is 3.95. The summed E-state index contributed by atoms with van der Waals surface area (Å²) in [5.41, 5.74) is 2.45. The Labute approximate surface area is 128 Å². The van der Waals surface area contributed by atoms with Gasteiger partial charge in [0.1, 0.15) is 0 Å². The molecular weight excluding hydrogens is 288 g/mol. The molecule has 0 spiro atoms. The van der Waals surface area contributed by atoms with Gasteiger partial charge in [-0.05, 0) is 30.0 Å². The third kappa shape index (κ3) is 2.59. The van der Waals surface area contributed by atoms with Crippen molar-refractivity contribution in [1.29, 1.82) is 0 Å². The highest BCUT2D eigenvalue weighted by atomic mass is 35.5. The quantitative estimate of drug-likeness (QED) is 0.917. The monoisotopic (exact) mass is 302 g/mol. The lowest BCUT2D eigenvalue weighted by molar-refractivity contribution is 0.0696. The molecule has 3 rings (SSSR count). The highest BCUT2D eigenvalue weighted by Crippen LogP contribution is 2.37. The molecule has 1 unspecified atom stereocenters. The predicted molar refractivity (Wildman–Crippen MR) is 82.5 cm³/mol. The number of fused-ring (bicyclic) bond motifs is 1. The van der Waals surface area contributed by atoms with Crippen LogP contribution in [0.3, 0.4) is 0 Å². The van der Waals surface area contributed by atoms with Crippen molar-refractivity contribution in [1.82, 2.24) is 4.98 Å². The fourth-order valence-corrected chi connectivity index (χ4v) is 3.01. The van der Waals surface area contributed by atoms with Crippen LogP contribution < -0.4 is 4.90 Å². The summed E-state index contributed by atoms with van der Waals surface area (Å²) in [6.45, 7) is 3.00. The normalized spacial score (nSPS) is 17.4. The first kappa shape index (κ1) is 13.9. The minimum Gasteiger partial charge on any atom is -0.478 e. The van der Waals surface area contributed by atoms with Gasteiger partial charge in [0.25, 0.3) is 0 Å². The molecule has 0 radical (unpaired) electrons. The van der Waals surface area contributed by atoms with E-state index < -0.39 is 5.97 Å². The Morgan fingerprint density at radius 1 is 1.43 bits per heavy atom. The molecule has 0 amide bonds. The van der Waals surface area contributed by atoms with Crippen LogP contribution in [0.2, 0.25) is 5.02 Å². The van der Waals surface area contributed by atoms with Crippen molar-refractivity contribution in [2.24, 2.45) is 5.92 Å². The summed E-state index contributed by atoms with van der Waals surface area (Å²) in [7, 11) is 0. The van der Waals surface area contributed by atoms with E-state index in [9.17, 15) is 4.79 Å². The fourth-order valence-electron chi connectivity index (χ4n) is 2.74. The molecule has 0 saturated heterocycles. The zero-order valence-electron chi connectivity index (χ0n) is 11.6. The molecule has 0 bridgehead atoms.